The van der Waals surface area contributed by atoms with E-state index >= 15 is 0 Å². The topological polar surface area (TPSA) is 67.5 Å². The molecule has 6 nitrogen and oxygen atoms in total. The third-order valence-electron chi connectivity index (χ3n) is 5.61. The van der Waals surface area contributed by atoms with Crippen molar-refractivity contribution in [3.63, 3.8) is 0 Å². The summed E-state index contributed by atoms with van der Waals surface area (Å²) in [4.78, 5) is 13.4. The van der Waals surface area contributed by atoms with Gasteiger partial charge in [-0.1, -0.05) is 30.8 Å². The maximum Gasteiger partial charge on any atom is 0.212 e. The minimum atomic E-state index is 0.478. The van der Waals surface area contributed by atoms with Crippen molar-refractivity contribution in [2.75, 3.05) is 46.1 Å². The molecule has 3 heterocycles. The molecule has 0 amide bonds. The molecule has 6 heteroatoms. The molecule has 30 heavy (non-hydrogen) atoms. The maximum atomic E-state index is 6.14. The number of piperazine rings is 1. The van der Waals surface area contributed by atoms with Crippen molar-refractivity contribution in [1.29, 1.82) is 0 Å². The van der Waals surface area contributed by atoms with Gasteiger partial charge in [0.15, 0.2) is 0 Å². The smallest absolute Gasteiger partial charge is 0.212 e. The SMILES string of the molecule is C=C(c1ccc(-c2cnc(N)c(-c3ccc(OC)nc3)c2)cc1)N1CCN(C)CC1. The summed E-state index contributed by atoms with van der Waals surface area (Å²) in [6.07, 6.45) is 3.55. The monoisotopic (exact) mass is 401 g/mol. The number of nitrogen functional groups attached to an aromatic ring is 1. The lowest BCUT2D eigenvalue weighted by Crippen LogP contribution is -2.43. The molecule has 2 N–H and O–H groups in total. The van der Waals surface area contributed by atoms with Crippen LogP contribution in [0.2, 0.25) is 0 Å². The molecule has 4 rings (SSSR count). The molecule has 0 aliphatic carbocycles. The predicted molar refractivity (Wildman–Crippen MR) is 122 cm³/mol. The number of hydrogen-bond donors (Lipinski definition) is 1. The van der Waals surface area contributed by atoms with Gasteiger partial charge < -0.3 is 20.3 Å². The molecule has 154 valence electrons. The Morgan fingerprint density at radius 3 is 2.23 bits per heavy atom. The zero-order valence-corrected chi connectivity index (χ0v) is 17.5. The van der Waals surface area contributed by atoms with Gasteiger partial charge in [-0.3, -0.25) is 0 Å². The molecule has 2 aromatic heterocycles. The summed E-state index contributed by atoms with van der Waals surface area (Å²) < 4.78 is 5.14. The van der Waals surface area contributed by atoms with Crippen LogP contribution in [0.4, 0.5) is 5.82 Å². The number of nitrogens with two attached hydrogens (primary N) is 1. The molecule has 3 aromatic rings. The van der Waals surface area contributed by atoms with Crippen LogP contribution in [0.5, 0.6) is 5.88 Å². The van der Waals surface area contributed by atoms with Crippen LogP contribution in [-0.2, 0) is 0 Å². The Hall–Kier alpha value is -3.38. The second kappa shape index (κ2) is 8.55. The van der Waals surface area contributed by atoms with E-state index in [9.17, 15) is 0 Å². The normalized spacial score (nSPS) is 14.5. The van der Waals surface area contributed by atoms with Gasteiger partial charge in [-0.25, -0.2) is 9.97 Å². The molecule has 0 atom stereocenters. The second-order valence-electron chi connectivity index (χ2n) is 7.56. The van der Waals surface area contributed by atoms with Gasteiger partial charge in [0.1, 0.15) is 5.82 Å². The first-order valence-corrected chi connectivity index (χ1v) is 10.0. The molecular formula is C24H27N5O. The average molecular weight is 402 g/mol. The first-order chi connectivity index (χ1) is 14.5. The molecule has 0 spiro atoms. The number of pyridine rings is 2. The summed E-state index contributed by atoms with van der Waals surface area (Å²) in [6.45, 7) is 8.47. The van der Waals surface area contributed by atoms with Crippen LogP contribution in [0.25, 0.3) is 28.0 Å². The van der Waals surface area contributed by atoms with E-state index in [2.05, 4.69) is 63.7 Å². The number of rotatable bonds is 5. The van der Waals surface area contributed by atoms with Crippen molar-refractivity contribution < 1.29 is 4.74 Å². The Balaban J connectivity index is 1.56. The van der Waals surface area contributed by atoms with Crippen LogP contribution >= 0.6 is 0 Å². The van der Waals surface area contributed by atoms with Gasteiger partial charge >= 0.3 is 0 Å². The third-order valence-corrected chi connectivity index (χ3v) is 5.61. The number of methoxy groups -OCH3 is 1. The summed E-state index contributed by atoms with van der Waals surface area (Å²) in [5.74, 6) is 1.04. The van der Waals surface area contributed by atoms with Gasteiger partial charge in [0.05, 0.1) is 7.11 Å². The van der Waals surface area contributed by atoms with E-state index in [1.54, 1.807) is 19.5 Å². The average Bonchev–Trinajstić information content (AvgIpc) is 2.80. The number of ether oxygens (including phenoxy) is 1. The van der Waals surface area contributed by atoms with Crippen molar-refractivity contribution in [2.24, 2.45) is 0 Å². The third kappa shape index (κ3) is 4.14. The van der Waals surface area contributed by atoms with E-state index < -0.39 is 0 Å². The highest BCUT2D eigenvalue weighted by molar-refractivity contribution is 5.79. The largest absolute Gasteiger partial charge is 0.481 e. The molecule has 1 aliphatic rings. The Labute approximate surface area is 177 Å². The fourth-order valence-electron chi connectivity index (χ4n) is 3.64. The standard InChI is InChI=1S/C24H27N5O/c1-17(29-12-10-28(2)11-13-29)18-4-6-19(7-5-18)21-14-22(24(25)27-16-21)20-8-9-23(30-3)26-15-20/h4-9,14-16H,1,10-13H2,2-3H3,(H2,25,27). The lowest BCUT2D eigenvalue weighted by Gasteiger charge is -2.35. The number of nitrogens with zero attached hydrogens (tertiary/aromatic N) is 4. The zero-order valence-electron chi connectivity index (χ0n) is 17.5. The minimum Gasteiger partial charge on any atom is -0.481 e. The highest BCUT2D eigenvalue weighted by atomic mass is 16.5. The number of anilines is 1. The van der Waals surface area contributed by atoms with E-state index in [0.717, 1.165) is 59.7 Å². The fraction of sp³-hybridized carbons (Fsp3) is 0.250. The quantitative estimate of drug-likeness (QED) is 0.704. The Kier molecular flexibility index (Phi) is 5.68. The fourth-order valence-corrected chi connectivity index (χ4v) is 3.64. The Morgan fingerprint density at radius 1 is 0.933 bits per heavy atom. The zero-order chi connectivity index (χ0) is 21.1. The van der Waals surface area contributed by atoms with Crippen LogP contribution in [0.3, 0.4) is 0 Å². The number of likely N-dealkylation sites (N-methyl/N-ethyl adjacent to an activating group) is 1. The second-order valence-corrected chi connectivity index (χ2v) is 7.56. The number of aromatic nitrogens is 2. The molecule has 1 fully saturated rings. The molecule has 0 unspecified atom stereocenters. The van der Waals surface area contributed by atoms with E-state index in [1.165, 1.54) is 0 Å². The maximum absolute atomic E-state index is 6.14. The van der Waals surface area contributed by atoms with E-state index in [4.69, 9.17) is 10.5 Å². The van der Waals surface area contributed by atoms with Gasteiger partial charge in [0.25, 0.3) is 0 Å². The molecular weight excluding hydrogens is 374 g/mol. The predicted octanol–water partition coefficient (Wildman–Crippen LogP) is 3.62. The molecule has 1 aromatic carbocycles. The number of hydrogen-bond acceptors (Lipinski definition) is 6. The lowest BCUT2D eigenvalue weighted by atomic mass is 10.0. The van der Waals surface area contributed by atoms with Crippen molar-refractivity contribution in [3.8, 4) is 28.1 Å². The van der Waals surface area contributed by atoms with Gasteiger partial charge in [-0.15, -0.1) is 0 Å². The van der Waals surface area contributed by atoms with Crippen LogP contribution in [0.1, 0.15) is 5.56 Å². The Bertz CT molecular complexity index is 1020. The van der Waals surface area contributed by atoms with E-state index in [1.807, 2.05) is 12.1 Å². The van der Waals surface area contributed by atoms with Crippen LogP contribution < -0.4 is 10.5 Å². The summed E-state index contributed by atoms with van der Waals surface area (Å²) in [5.41, 5.74) is 12.2. The minimum absolute atomic E-state index is 0.478. The lowest BCUT2D eigenvalue weighted by molar-refractivity contribution is 0.207. The summed E-state index contributed by atoms with van der Waals surface area (Å²) in [6, 6.07) is 14.3. The number of benzene rings is 1. The van der Waals surface area contributed by atoms with Gasteiger partial charge in [0.2, 0.25) is 5.88 Å². The van der Waals surface area contributed by atoms with Crippen molar-refractivity contribution in [1.82, 2.24) is 19.8 Å². The first kappa shape index (κ1) is 19.9. The molecule has 0 saturated carbocycles. The summed E-state index contributed by atoms with van der Waals surface area (Å²) in [7, 11) is 3.76. The van der Waals surface area contributed by atoms with Crippen molar-refractivity contribution in [2.45, 2.75) is 0 Å². The summed E-state index contributed by atoms with van der Waals surface area (Å²) >= 11 is 0. The van der Waals surface area contributed by atoms with Gasteiger partial charge in [-0.2, -0.15) is 0 Å². The van der Waals surface area contributed by atoms with Crippen molar-refractivity contribution >= 4 is 11.5 Å². The van der Waals surface area contributed by atoms with E-state index in [0.29, 0.717) is 11.7 Å². The van der Waals surface area contributed by atoms with Gasteiger partial charge in [0, 0.05) is 67.0 Å². The summed E-state index contributed by atoms with van der Waals surface area (Å²) in [5, 5.41) is 0. The van der Waals surface area contributed by atoms with E-state index in [-0.39, 0.29) is 0 Å². The Morgan fingerprint density at radius 2 is 1.60 bits per heavy atom. The van der Waals surface area contributed by atoms with Crippen molar-refractivity contribution in [3.05, 3.63) is 67.0 Å². The molecule has 0 bridgehead atoms. The molecule has 1 saturated heterocycles. The van der Waals surface area contributed by atoms with Gasteiger partial charge in [-0.05, 0) is 30.3 Å². The van der Waals surface area contributed by atoms with Crippen LogP contribution in [0, 0.1) is 0 Å². The highest BCUT2D eigenvalue weighted by Gasteiger charge is 2.16. The van der Waals surface area contributed by atoms with Crippen LogP contribution in [-0.4, -0.2) is 60.1 Å². The molecule has 1 aliphatic heterocycles. The van der Waals surface area contributed by atoms with Crippen LogP contribution in [0.15, 0.2) is 61.4 Å². The first-order valence-electron chi connectivity index (χ1n) is 10.0. The highest BCUT2D eigenvalue weighted by Crippen LogP contribution is 2.30. The molecule has 0 radical (unpaired) electrons.